The van der Waals surface area contributed by atoms with E-state index in [4.69, 9.17) is 4.74 Å². The first-order valence-corrected chi connectivity index (χ1v) is 12.0. The third-order valence-corrected chi connectivity index (χ3v) is 7.27. The van der Waals surface area contributed by atoms with Gasteiger partial charge in [0.2, 0.25) is 11.8 Å². The standard InChI is InChI=1S/C23H36N4O6/c1-4-16-8-10-23(11-9-16)21(31)27(22(32)24-23)15-18(28)25(3)14-19(29)26-12-6-7-17(13-26)20(30)33-5-2/h16-17H,4-15H2,1-3H3,(H,24,32). The minimum Gasteiger partial charge on any atom is -0.466 e. The molecule has 5 amide bonds. The Morgan fingerprint density at radius 1 is 1.15 bits per heavy atom. The topological polar surface area (TPSA) is 116 Å². The first kappa shape index (κ1) is 25.0. The molecule has 3 rings (SSSR count). The van der Waals surface area contributed by atoms with Crippen molar-refractivity contribution in [3.8, 4) is 0 Å². The van der Waals surface area contributed by atoms with Crippen LogP contribution in [0.15, 0.2) is 0 Å². The molecule has 10 nitrogen and oxygen atoms in total. The lowest BCUT2D eigenvalue weighted by molar-refractivity contribution is -0.152. The number of urea groups is 1. The summed E-state index contributed by atoms with van der Waals surface area (Å²) in [7, 11) is 1.48. The van der Waals surface area contributed by atoms with E-state index in [9.17, 15) is 24.0 Å². The van der Waals surface area contributed by atoms with Gasteiger partial charge in [-0.3, -0.25) is 24.1 Å². The molecule has 2 saturated heterocycles. The van der Waals surface area contributed by atoms with Gasteiger partial charge in [-0.05, 0) is 51.4 Å². The summed E-state index contributed by atoms with van der Waals surface area (Å²) in [6.45, 7) is 4.39. The van der Waals surface area contributed by atoms with Gasteiger partial charge in [0.1, 0.15) is 12.1 Å². The van der Waals surface area contributed by atoms with Crippen molar-refractivity contribution in [2.75, 3.05) is 39.8 Å². The number of likely N-dealkylation sites (tertiary alicyclic amines) is 1. The Bertz CT molecular complexity index is 792. The summed E-state index contributed by atoms with van der Waals surface area (Å²) in [5, 5.41) is 2.82. The summed E-state index contributed by atoms with van der Waals surface area (Å²) in [6.07, 6.45) is 5.34. The van der Waals surface area contributed by atoms with Crippen LogP contribution >= 0.6 is 0 Å². The highest BCUT2D eigenvalue weighted by molar-refractivity contribution is 6.09. The maximum absolute atomic E-state index is 13.0. The predicted molar refractivity (Wildman–Crippen MR) is 119 cm³/mol. The number of carbonyl (C=O) groups is 5. The van der Waals surface area contributed by atoms with Crippen LogP contribution < -0.4 is 5.32 Å². The Morgan fingerprint density at radius 3 is 2.48 bits per heavy atom. The van der Waals surface area contributed by atoms with Crippen molar-refractivity contribution in [1.82, 2.24) is 20.0 Å². The first-order chi connectivity index (χ1) is 15.7. The molecule has 0 bridgehead atoms. The average Bonchev–Trinajstić information content (AvgIpc) is 3.03. The maximum Gasteiger partial charge on any atom is 0.325 e. The molecule has 184 valence electrons. The minimum atomic E-state index is -0.896. The average molecular weight is 465 g/mol. The Morgan fingerprint density at radius 2 is 1.85 bits per heavy atom. The van der Waals surface area contributed by atoms with Crippen LogP contribution in [0.4, 0.5) is 4.79 Å². The smallest absolute Gasteiger partial charge is 0.325 e. The molecule has 0 radical (unpaired) electrons. The number of carbonyl (C=O) groups excluding carboxylic acids is 5. The van der Waals surface area contributed by atoms with Crippen molar-refractivity contribution in [3.05, 3.63) is 0 Å². The van der Waals surface area contributed by atoms with Gasteiger partial charge in [0.25, 0.3) is 5.91 Å². The van der Waals surface area contributed by atoms with Gasteiger partial charge in [-0.25, -0.2) is 4.79 Å². The van der Waals surface area contributed by atoms with E-state index in [1.54, 1.807) is 11.8 Å². The molecule has 0 aromatic heterocycles. The van der Waals surface area contributed by atoms with Crippen LogP contribution in [-0.2, 0) is 23.9 Å². The van der Waals surface area contributed by atoms with Crippen molar-refractivity contribution in [2.45, 2.75) is 64.3 Å². The normalized spacial score (nSPS) is 27.5. The van der Waals surface area contributed by atoms with Gasteiger partial charge in [0, 0.05) is 20.1 Å². The number of piperidine rings is 1. The first-order valence-electron chi connectivity index (χ1n) is 12.0. The second kappa shape index (κ2) is 10.5. The lowest BCUT2D eigenvalue weighted by Gasteiger charge is -2.34. The van der Waals surface area contributed by atoms with E-state index in [1.807, 2.05) is 0 Å². The van der Waals surface area contributed by atoms with E-state index < -0.39 is 24.0 Å². The molecule has 1 spiro atoms. The van der Waals surface area contributed by atoms with E-state index in [0.717, 1.165) is 24.2 Å². The van der Waals surface area contributed by atoms with Crippen LogP contribution in [0.25, 0.3) is 0 Å². The molecule has 2 heterocycles. The molecule has 0 aromatic carbocycles. The molecule has 2 aliphatic heterocycles. The number of imide groups is 1. The fraction of sp³-hybridized carbons (Fsp3) is 0.783. The van der Waals surface area contributed by atoms with E-state index in [2.05, 4.69) is 12.2 Å². The predicted octanol–water partition coefficient (Wildman–Crippen LogP) is 1.14. The van der Waals surface area contributed by atoms with Gasteiger partial charge < -0.3 is 19.9 Å². The number of likely N-dealkylation sites (N-methyl/N-ethyl adjacent to an activating group) is 1. The van der Waals surface area contributed by atoms with Gasteiger partial charge in [-0.2, -0.15) is 0 Å². The Kier molecular flexibility index (Phi) is 7.97. The summed E-state index contributed by atoms with van der Waals surface area (Å²) in [4.78, 5) is 66.8. The van der Waals surface area contributed by atoms with Gasteiger partial charge in [-0.15, -0.1) is 0 Å². The number of amides is 5. The van der Waals surface area contributed by atoms with Gasteiger partial charge in [0.05, 0.1) is 19.1 Å². The molecule has 3 aliphatic rings. The van der Waals surface area contributed by atoms with E-state index >= 15 is 0 Å². The molecule has 10 heteroatoms. The van der Waals surface area contributed by atoms with Crippen LogP contribution in [0, 0.1) is 11.8 Å². The Hall–Kier alpha value is -2.65. The van der Waals surface area contributed by atoms with E-state index in [0.29, 0.717) is 44.8 Å². The monoisotopic (exact) mass is 464 g/mol. The SMILES string of the molecule is CCOC(=O)C1CCCN(C(=O)CN(C)C(=O)CN2C(=O)NC3(CCC(CC)CC3)C2=O)C1. The molecule has 1 N–H and O–H groups in total. The molecule has 1 unspecified atom stereocenters. The van der Waals surface area contributed by atoms with Crippen LogP contribution in [0.3, 0.4) is 0 Å². The highest BCUT2D eigenvalue weighted by Crippen LogP contribution is 2.37. The largest absolute Gasteiger partial charge is 0.466 e. The summed E-state index contributed by atoms with van der Waals surface area (Å²) < 4.78 is 5.07. The summed E-state index contributed by atoms with van der Waals surface area (Å²) in [6, 6.07) is -0.545. The second-order valence-corrected chi connectivity index (χ2v) is 9.44. The number of rotatable bonds is 7. The van der Waals surface area contributed by atoms with Crippen molar-refractivity contribution in [3.63, 3.8) is 0 Å². The zero-order valence-corrected chi connectivity index (χ0v) is 19.9. The Balaban J connectivity index is 1.53. The highest BCUT2D eigenvalue weighted by atomic mass is 16.5. The van der Waals surface area contributed by atoms with Crippen LogP contribution in [0.2, 0.25) is 0 Å². The fourth-order valence-corrected chi connectivity index (χ4v) is 5.04. The van der Waals surface area contributed by atoms with Crippen molar-refractivity contribution in [2.24, 2.45) is 11.8 Å². The van der Waals surface area contributed by atoms with E-state index in [-0.39, 0.29) is 36.8 Å². The van der Waals surface area contributed by atoms with Gasteiger partial charge in [-0.1, -0.05) is 13.3 Å². The number of nitrogens with one attached hydrogen (secondary N) is 1. The number of esters is 1. The molecule has 0 aromatic rings. The third kappa shape index (κ3) is 5.47. The molecule has 33 heavy (non-hydrogen) atoms. The molecule has 1 aliphatic carbocycles. The minimum absolute atomic E-state index is 0.179. The third-order valence-electron chi connectivity index (χ3n) is 7.27. The number of ether oxygens (including phenoxy) is 1. The fourth-order valence-electron chi connectivity index (χ4n) is 5.04. The van der Waals surface area contributed by atoms with Crippen LogP contribution in [0.1, 0.15) is 58.8 Å². The lowest BCUT2D eigenvalue weighted by atomic mass is 9.75. The molecular formula is C23H36N4O6. The lowest BCUT2D eigenvalue weighted by Crippen LogP contribution is -2.50. The van der Waals surface area contributed by atoms with Crippen molar-refractivity contribution < 1.29 is 28.7 Å². The number of hydrogen-bond acceptors (Lipinski definition) is 6. The molecular weight excluding hydrogens is 428 g/mol. The van der Waals surface area contributed by atoms with Crippen LogP contribution in [-0.4, -0.2) is 89.8 Å². The van der Waals surface area contributed by atoms with Crippen molar-refractivity contribution >= 4 is 29.7 Å². The molecule has 3 fully saturated rings. The summed E-state index contributed by atoms with van der Waals surface area (Å²) >= 11 is 0. The highest BCUT2D eigenvalue weighted by Gasteiger charge is 2.52. The second-order valence-electron chi connectivity index (χ2n) is 9.44. The Labute approximate surface area is 195 Å². The zero-order chi connectivity index (χ0) is 24.2. The summed E-state index contributed by atoms with van der Waals surface area (Å²) in [5.74, 6) is -1.19. The van der Waals surface area contributed by atoms with Crippen LogP contribution in [0.5, 0.6) is 0 Å². The number of nitrogens with zero attached hydrogens (tertiary/aromatic N) is 3. The summed E-state index contributed by atoms with van der Waals surface area (Å²) in [5.41, 5.74) is -0.896. The molecule has 1 saturated carbocycles. The maximum atomic E-state index is 13.0. The van der Waals surface area contributed by atoms with Gasteiger partial charge >= 0.3 is 12.0 Å². The van der Waals surface area contributed by atoms with E-state index in [1.165, 1.54) is 11.9 Å². The van der Waals surface area contributed by atoms with Gasteiger partial charge in [0.15, 0.2) is 0 Å². The zero-order valence-electron chi connectivity index (χ0n) is 19.9. The van der Waals surface area contributed by atoms with Crippen molar-refractivity contribution in [1.29, 1.82) is 0 Å². The quantitative estimate of drug-likeness (QED) is 0.446. The molecule has 1 atom stereocenters. The number of hydrogen-bond donors (Lipinski definition) is 1.